The second kappa shape index (κ2) is 4.55. The molecule has 1 fully saturated rings. The Hall–Kier alpha value is -2.07. The summed E-state index contributed by atoms with van der Waals surface area (Å²) in [5, 5.41) is 11.5. The fourth-order valence-electron chi connectivity index (χ4n) is 2.65. The molecule has 0 bridgehead atoms. The molecule has 1 saturated heterocycles. The minimum atomic E-state index is 0.103. The highest BCUT2D eigenvalue weighted by molar-refractivity contribution is 6.05. The summed E-state index contributed by atoms with van der Waals surface area (Å²) in [5.74, 6) is 0.535. The largest absolute Gasteiger partial charge is 0.508 e. The molecule has 0 aromatic heterocycles. The van der Waals surface area contributed by atoms with Crippen LogP contribution in [-0.4, -0.2) is 24.1 Å². The van der Waals surface area contributed by atoms with Gasteiger partial charge < -0.3 is 15.7 Å². The van der Waals surface area contributed by atoms with Crippen LogP contribution in [0.4, 0.5) is 5.69 Å². The molecule has 3 N–H and O–H groups in total. The minimum absolute atomic E-state index is 0.103. The Bertz CT molecular complexity index is 639. The van der Waals surface area contributed by atoms with Gasteiger partial charge in [0, 0.05) is 18.4 Å². The lowest BCUT2D eigenvalue weighted by molar-refractivity contribution is -0.117. The van der Waals surface area contributed by atoms with Crippen LogP contribution in [-0.2, 0) is 4.79 Å². The SMILES string of the molecule is NCC1CC(=O)N(c2cccc3ccc(O)cc23)C1. The number of anilines is 1. The van der Waals surface area contributed by atoms with Gasteiger partial charge in [-0.2, -0.15) is 0 Å². The van der Waals surface area contributed by atoms with Gasteiger partial charge in [0.15, 0.2) is 0 Å². The average molecular weight is 256 g/mol. The molecule has 0 saturated carbocycles. The van der Waals surface area contributed by atoms with Crippen molar-refractivity contribution in [3.63, 3.8) is 0 Å². The smallest absolute Gasteiger partial charge is 0.227 e. The number of hydrogen-bond acceptors (Lipinski definition) is 3. The first-order valence-electron chi connectivity index (χ1n) is 6.41. The Morgan fingerprint density at radius 3 is 2.89 bits per heavy atom. The summed E-state index contributed by atoms with van der Waals surface area (Å²) in [5.41, 5.74) is 6.51. The van der Waals surface area contributed by atoms with E-state index in [1.807, 2.05) is 24.3 Å². The molecule has 0 spiro atoms. The first-order valence-corrected chi connectivity index (χ1v) is 6.41. The van der Waals surface area contributed by atoms with E-state index in [0.717, 1.165) is 16.5 Å². The number of fused-ring (bicyclic) bond motifs is 1. The second-order valence-corrected chi connectivity index (χ2v) is 4.99. The lowest BCUT2D eigenvalue weighted by Crippen LogP contribution is -2.25. The fourth-order valence-corrected chi connectivity index (χ4v) is 2.65. The topological polar surface area (TPSA) is 66.6 Å². The number of nitrogens with zero attached hydrogens (tertiary/aromatic N) is 1. The number of phenols is 1. The first kappa shape index (κ1) is 12.0. The minimum Gasteiger partial charge on any atom is -0.508 e. The van der Waals surface area contributed by atoms with E-state index in [1.165, 1.54) is 0 Å². The highest BCUT2D eigenvalue weighted by Crippen LogP contribution is 2.33. The Labute approximate surface area is 111 Å². The molecule has 0 radical (unpaired) electrons. The zero-order valence-corrected chi connectivity index (χ0v) is 10.5. The zero-order chi connectivity index (χ0) is 13.4. The lowest BCUT2D eigenvalue weighted by atomic mass is 10.1. The van der Waals surface area contributed by atoms with Gasteiger partial charge in [-0.1, -0.05) is 18.2 Å². The normalized spacial score (nSPS) is 19.3. The molecule has 1 unspecified atom stereocenters. The van der Waals surface area contributed by atoms with Gasteiger partial charge in [0.2, 0.25) is 5.91 Å². The highest BCUT2D eigenvalue weighted by Gasteiger charge is 2.30. The summed E-state index contributed by atoms with van der Waals surface area (Å²) in [6.07, 6.45) is 0.506. The predicted molar refractivity (Wildman–Crippen MR) is 75.1 cm³/mol. The molecule has 98 valence electrons. The van der Waals surface area contributed by atoms with Gasteiger partial charge in [0.05, 0.1) is 5.69 Å². The van der Waals surface area contributed by atoms with E-state index in [0.29, 0.717) is 19.5 Å². The molecule has 2 aromatic rings. The summed E-state index contributed by atoms with van der Waals surface area (Å²) in [6.45, 7) is 1.18. The van der Waals surface area contributed by atoms with Crippen molar-refractivity contribution in [3.05, 3.63) is 36.4 Å². The summed E-state index contributed by atoms with van der Waals surface area (Å²) in [6, 6.07) is 11.0. The third-order valence-electron chi connectivity index (χ3n) is 3.67. The Balaban J connectivity index is 2.10. The fraction of sp³-hybridized carbons (Fsp3) is 0.267. The van der Waals surface area contributed by atoms with Crippen LogP contribution in [0.1, 0.15) is 6.42 Å². The van der Waals surface area contributed by atoms with Crippen molar-refractivity contribution in [2.45, 2.75) is 6.42 Å². The van der Waals surface area contributed by atoms with Crippen molar-refractivity contribution >= 4 is 22.4 Å². The maximum atomic E-state index is 12.1. The Morgan fingerprint density at radius 2 is 2.16 bits per heavy atom. The molecule has 1 aliphatic heterocycles. The molecule has 1 aliphatic rings. The molecule has 0 aliphatic carbocycles. The average Bonchev–Trinajstić information content (AvgIpc) is 2.79. The number of benzene rings is 2. The number of aromatic hydroxyl groups is 1. The van der Waals surface area contributed by atoms with E-state index in [9.17, 15) is 9.90 Å². The molecule has 4 heteroatoms. The van der Waals surface area contributed by atoms with Crippen molar-refractivity contribution in [1.82, 2.24) is 0 Å². The van der Waals surface area contributed by atoms with E-state index in [1.54, 1.807) is 17.0 Å². The maximum Gasteiger partial charge on any atom is 0.227 e. The monoisotopic (exact) mass is 256 g/mol. The van der Waals surface area contributed by atoms with E-state index < -0.39 is 0 Å². The molecule has 3 rings (SSSR count). The van der Waals surface area contributed by atoms with E-state index in [2.05, 4.69) is 0 Å². The van der Waals surface area contributed by atoms with Crippen LogP contribution in [0, 0.1) is 5.92 Å². The molecule has 1 atom stereocenters. The van der Waals surface area contributed by atoms with Crippen molar-refractivity contribution in [2.24, 2.45) is 11.7 Å². The molecular weight excluding hydrogens is 240 g/mol. The quantitative estimate of drug-likeness (QED) is 0.861. The van der Waals surface area contributed by atoms with Crippen LogP contribution in [0.25, 0.3) is 10.8 Å². The number of hydrogen-bond donors (Lipinski definition) is 2. The van der Waals surface area contributed by atoms with Gasteiger partial charge >= 0.3 is 0 Å². The third kappa shape index (κ3) is 2.04. The van der Waals surface area contributed by atoms with Crippen LogP contribution in [0.2, 0.25) is 0 Å². The lowest BCUT2D eigenvalue weighted by Gasteiger charge is -2.19. The van der Waals surface area contributed by atoms with Gasteiger partial charge in [-0.25, -0.2) is 0 Å². The molecule has 19 heavy (non-hydrogen) atoms. The standard InChI is InChI=1S/C15H16N2O2/c16-8-10-6-15(19)17(9-10)14-3-1-2-11-4-5-12(18)7-13(11)14/h1-5,7,10,18H,6,8-9,16H2. The summed E-state index contributed by atoms with van der Waals surface area (Å²) >= 11 is 0. The molecule has 1 amide bonds. The van der Waals surface area contributed by atoms with E-state index in [-0.39, 0.29) is 17.6 Å². The van der Waals surface area contributed by atoms with Gasteiger partial charge in [0.1, 0.15) is 5.75 Å². The van der Waals surface area contributed by atoms with Crippen LogP contribution < -0.4 is 10.6 Å². The van der Waals surface area contributed by atoms with Gasteiger partial charge in [-0.3, -0.25) is 4.79 Å². The van der Waals surface area contributed by atoms with Crippen LogP contribution in [0.5, 0.6) is 5.75 Å². The van der Waals surface area contributed by atoms with Crippen molar-refractivity contribution < 1.29 is 9.90 Å². The predicted octanol–water partition coefficient (Wildman–Crippen LogP) is 1.86. The van der Waals surface area contributed by atoms with Gasteiger partial charge in [0.25, 0.3) is 0 Å². The number of carbonyl (C=O) groups excluding carboxylic acids is 1. The second-order valence-electron chi connectivity index (χ2n) is 4.99. The number of rotatable bonds is 2. The van der Waals surface area contributed by atoms with Crippen molar-refractivity contribution in [3.8, 4) is 5.75 Å². The summed E-state index contributed by atoms with van der Waals surface area (Å²) in [4.78, 5) is 13.9. The van der Waals surface area contributed by atoms with Gasteiger partial charge in [-0.15, -0.1) is 0 Å². The number of carbonyl (C=O) groups is 1. The van der Waals surface area contributed by atoms with Crippen LogP contribution in [0.3, 0.4) is 0 Å². The van der Waals surface area contributed by atoms with Crippen molar-refractivity contribution in [1.29, 1.82) is 0 Å². The number of amides is 1. The molecule has 2 aromatic carbocycles. The molecule has 1 heterocycles. The zero-order valence-electron chi connectivity index (χ0n) is 10.5. The maximum absolute atomic E-state index is 12.1. The summed E-state index contributed by atoms with van der Waals surface area (Å²) in [7, 11) is 0. The number of phenolic OH excluding ortho intramolecular Hbond substituents is 1. The van der Waals surface area contributed by atoms with Crippen LogP contribution >= 0.6 is 0 Å². The third-order valence-corrected chi connectivity index (χ3v) is 3.67. The van der Waals surface area contributed by atoms with Crippen molar-refractivity contribution in [2.75, 3.05) is 18.0 Å². The summed E-state index contributed by atoms with van der Waals surface area (Å²) < 4.78 is 0. The molecular formula is C15H16N2O2. The van der Waals surface area contributed by atoms with E-state index >= 15 is 0 Å². The van der Waals surface area contributed by atoms with Crippen LogP contribution in [0.15, 0.2) is 36.4 Å². The first-order chi connectivity index (χ1) is 9.19. The Kier molecular flexibility index (Phi) is 2.87. The van der Waals surface area contributed by atoms with Gasteiger partial charge in [-0.05, 0) is 36.0 Å². The highest BCUT2D eigenvalue weighted by atomic mass is 16.3. The van der Waals surface area contributed by atoms with E-state index in [4.69, 9.17) is 5.73 Å². The molecule has 4 nitrogen and oxygen atoms in total. The Morgan fingerprint density at radius 1 is 1.32 bits per heavy atom. The number of nitrogens with two attached hydrogens (primary N) is 1.